The molecule has 0 saturated heterocycles. The molecule has 4 aromatic rings. The largest absolute Gasteiger partial charge is 0.573 e. The van der Waals surface area contributed by atoms with Gasteiger partial charge in [-0.1, -0.05) is 53.5 Å². The van der Waals surface area contributed by atoms with Crippen molar-refractivity contribution in [3.05, 3.63) is 76.0 Å². The smallest absolute Gasteiger partial charge is 0.405 e. The highest BCUT2D eigenvalue weighted by atomic mass is 35.5. The second-order valence-electron chi connectivity index (χ2n) is 8.45. The van der Waals surface area contributed by atoms with Crippen LogP contribution >= 0.6 is 23.2 Å². The first kappa shape index (κ1) is 24.2. The molecule has 10 heteroatoms. The van der Waals surface area contributed by atoms with E-state index in [0.717, 1.165) is 23.3 Å². The average Bonchev–Trinajstić information content (AvgIpc) is 3.52. The summed E-state index contributed by atoms with van der Waals surface area (Å²) in [4.78, 5) is 8.56. The molecular formula is C25H19Cl2F3N2O2S. The third-order valence-electron chi connectivity index (χ3n) is 5.74. The zero-order valence-electron chi connectivity index (χ0n) is 18.2. The molecule has 1 unspecified atom stereocenters. The first-order valence-corrected chi connectivity index (χ1v) is 12.9. The zero-order valence-corrected chi connectivity index (χ0v) is 20.5. The molecule has 1 aliphatic carbocycles. The van der Waals surface area contributed by atoms with Crippen LogP contribution in [0.25, 0.3) is 22.2 Å². The fourth-order valence-corrected chi connectivity index (χ4v) is 5.99. The van der Waals surface area contributed by atoms with Gasteiger partial charge in [0.15, 0.2) is 0 Å². The lowest BCUT2D eigenvalue weighted by Crippen LogP contribution is -2.17. The van der Waals surface area contributed by atoms with Crippen molar-refractivity contribution in [2.45, 2.75) is 30.5 Å². The minimum Gasteiger partial charge on any atom is -0.405 e. The SMILES string of the molecule is O=S(CC1CC1)c1ccc(Cc2nc3c(Cl)c(-c4ccccc4OC(F)(F)F)c(Cl)cc3[nH]2)cc1. The summed E-state index contributed by atoms with van der Waals surface area (Å²) in [5.74, 6) is 1.50. The standard InChI is InChI=1S/C25H19Cl2F3N2O2S/c26-18-12-19-24(23(27)22(18)17-3-1-2-4-20(17)34-25(28,29)30)32-21(31-19)11-14-7-9-16(10-8-14)35(33)13-15-5-6-15/h1-4,7-10,12,15H,5-6,11,13H2,(H,31,32). The highest BCUT2D eigenvalue weighted by Gasteiger charge is 2.33. The Morgan fingerprint density at radius 2 is 1.80 bits per heavy atom. The molecule has 0 amide bonds. The molecule has 1 aliphatic rings. The number of rotatable bonds is 7. The van der Waals surface area contributed by atoms with Crippen molar-refractivity contribution >= 4 is 45.0 Å². The Balaban J connectivity index is 1.44. The Morgan fingerprint density at radius 3 is 2.49 bits per heavy atom. The number of H-pyrrole nitrogens is 1. The van der Waals surface area contributed by atoms with E-state index in [1.54, 1.807) is 12.1 Å². The van der Waals surface area contributed by atoms with E-state index in [9.17, 15) is 17.4 Å². The van der Waals surface area contributed by atoms with Crippen LogP contribution in [0.2, 0.25) is 10.0 Å². The summed E-state index contributed by atoms with van der Waals surface area (Å²) in [7, 11) is -0.990. The van der Waals surface area contributed by atoms with E-state index in [1.165, 1.54) is 18.2 Å². The Bertz CT molecular complexity index is 1420. The maximum absolute atomic E-state index is 12.9. The van der Waals surface area contributed by atoms with Gasteiger partial charge in [-0.2, -0.15) is 0 Å². The number of hydrogen-bond acceptors (Lipinski definition) is 3. The Hall–Kier alpha value is -2.55. The van der Waals surface area contributed by atoms with E-state index < -0.39 is 22.9 Å². The van der Waals surface area contributed by atoms with Crippen molar-refractivity contribution in [3.8, 4) is 16.9 Å². The molecule has 1 fully saturated rings. The molecule has 5 rings (SSSR count). The second kappa shape index (κ2) is 9.48. The normalized spacial score (nSPS) is 14.9. The highest BCUT2D eigenvalue weighted by molar-refractivity contribution is 7.85. The van der Waals surface area contributed by atoms with Gasteiger partial charge in [0.2, 0.25) is 0 Å². The van der Waals surface area contributed by atoms with Gasteiger partial charge in [-0.05, 0) is 48.6 Å². The summed E-state index contributed by atoms with van der Waals surface area (Å²) in [6.45, 7) is 0. The lowest BCUT2D eigenvalue weighted by molar-refractivity contribution is -0.274. The summed E-state index contributed by atoms with van der Waals surface area (Å²) < 4.78 is 55.3. The Morgan fingerprint density at radius 1 is 1.09 bits per heavy atom. The molecule has 0 bridgehead atoms. The summed E-state index contributed by atoms with van der Waals surface area (Å²) in [5, 5.41) is 0.289. The maximum Gasteiger partial charge on any atom is 0.573 e. The molecule has 1 aromatic heterocycles. The number of imidazole rings is 1. The summed E-state index contributed by atoms with van der Waals surface area (Å²) in [6, 6.07) is 14.8. The fraction of sp³-hybridized carbons (Fsp3) is 0.240. The molecular weight excluding hydrogens is 520 g/mol. The minimum absolute atomic E-state index is 0.112. The van der Waals surface area contributed by atoms with Crippen LogP contribution in [-0.2, 0) is 17.2 Å². The van der Waals surface area contributed by atoms with E-state index in [2.05, 4.69) is 14.7 Å². The fourth-order valence-electron chi connectivity index (χ4n) is 3.90. The van der Waals surface area contributed by atoms with Crippen molar-refractivity contribution in [1.29, 1.82) is 0 Å². The number of hydrogen-bond donors (Lipinski definition) is 1. The van der Waals surface area contributed by atoms with Crippen LogP contribution in [0.4, 0.5) is 13.2 Å². The van der Waals surface area contributed by atoms with E-state index in [1.807, 2.05) is 24.3 Å². The number of aromatic nitrogens is 2. The van der Waals surface area contributed by atoms with Gasteiger partial charge in [0.05, 0.1) is 26.4 Å². The minimum atomic E-state index is -4.86. The van der Waals surface area contributed by atoms with Crippen LogP contribution in [-0.4, -0.2) is 26.3 Å². The van der Waals surface area contributed by atoms with Crippen molar-refractivity contribution in [2.24, 2.45) is 5.92 Å². The molecule has 1 N–H and O–H groups in total. The molecule has 4 nitrogen and oxygen atoms in total. The Kier molecular flexibility index (Phi) is 6.55. The van der Waals surface area contributed by atoms with Crippen LogP contribution in [0.5, 0.6) is 5.75 Å². The number of halogens is 5. The summed E-state index contributed by atoms with van der Waals surface area (Å²) >= 11 is 13.1. The van der Waals surface area contributed by atoms with Gasteiger partial charge in [0.25, 0.3) is 0 Å². The number of fused-ring (bicyclic) bond motifs is 1. The second-order valence-corrected chi connectivity index (χ2v) is 10.7. The van der Waals surface area contributed by atoms with Crippen LogP contribution in [0.1, 0.15) is 24.2 Å². The van der Waals surface area contributed by atoms with Gasteiger partial charge in [-0.3, -0.25) is 4.21 Å². The molecule has 35 heavy (non-hydrogen) atoms. The highest BCUT2D eigenvalue weighted by Crippen LogP contribution is 2.44. The lowest BCUT2D eigenvalue weighted by Gasteiger charge is -2.15. The molecule has 182 valence electrons. The number of alkyl halides is 3. The van der Waals surface area contributed by atoms with Gasteiger partial charge in [-0.25, -0.2) is 4.98 Å². The van der Waals surface area contributed by atoms with Gasteiger partial charge in [0, 0.05) is 28.2 Å². The van der Waals surface area contributed by atoms with Crippen molar-refractivity contribution in [3.63, 3.8) is 0 Å². The quantitative estimate of drug-likeness (QED) is 0.264. The molecule has 0 spiro atoms. The van der Waals surface area contributed by atoms with Crippen LogP contribution in [0, 0.1) is 5.92 Å². The number of nitrogens with one attached hydrogen (secondary N) is 1. The number of benzene rings is 3. The average molecular weight is 539 g/mol. The molecule has 0 radical (unpaired) electrons. The van der Waals surface area contributed by atoms with Crippen molar-refractivity contribution in [2.75, 3.05) is 5.75 Å². The number of para-hydroxylation sites is 1. The van der Waals surface area contributed by atoms with E-state index in [0.29, 0.717) is 34.9 Å². The van der Waals surface area contributed by atoms with Gasteiger partial charge >= 0.3 is 6.36 Å². The number of nitrogens with zero attached hydrogens (tertiary/aromatic N) is 1. The van der Waals surface area contributed by atoms with E-state index in [4.69, 9.17) is 23.2 Å². The molecule has 0 aliphatic heterocycles. The first-order chi connectivity index (χ1) is 16.7. The van der Waals surface area contributed by atoms with Gasteiger partial charge < -0.3 is 9.72 Å². The van der Waals surface area contributed by atoms with Gasteiger partial charge in [0.1, 0.15) is 17.1 Å². The molecule has 1 heterocycles. The first-order valence-electron chi connectivity index (χ1n) is 10.9. The maximum atomic E-state index is 12.9. The summed E-state index contributed by atoms with van der Waals surface area (Å²) in [5.41, 5.74) is 2.24. The van der Waals surface area contributed by atoms with Gasteiger partial charge in [-0.15, -0.1) is 13.2 Å². The monoisotopic (exact) mass is 538 g/mol. The van der Waals surface area contributed by atoms with E-state index in [-0.39, 0.29) is 21.2 Å². The third-order valence-corrected chi connectivity index (χ3v) is 7.98. The third kappa shape index (κ3) is 5.50. The van der Waals surface area contributed by atoms with Crippen LogP contribution in [0.3, 0.4) is 0 Å². The predicted octanol–water partition coefficient (Wildman–Crippen LogP) is 7.54. The van der Waals surface area contributed by atoms with Crippen LogP contribution < -0.4 is 4.74 Å². The number of aromatic amines is 1. The number of ether oxygens (including phenoxy) is 1. The molecule has 1 atom stereocenters. The van der Waals surface area contributed by atoms with E-state index >= 15 is 0 Å². The topological polar surface area (TPSA) is 55.0 Å². The zero-order chi connectivity index (χ0) is 24.7. The lowest BCUT2D eigenvalue weighted by atomic mass is 10.0. The molecule has 3 aromatic carbocycles. The predicted molar refractivity (Wildman–Crippen MR) is 131 cm³/mol. The Labute approximate surface area is 211 Å². The van der Waals surface area contributed by atoms with Crippen molar-refractivity contribution < 1.29 is 22.1 Å². The molecule has 1 saturated carbocycles. The van der Waals surface area contributed by atoms with Crippen molar-refractivity contribution in [1.82, 2.24) is 9.97 Å². The van der Waals surface area contributed by atoms with Crippen LogP contribution in [0.15, 0.2) is 59.5 Å². The summed E-state index contributed by atoms with van der Waals surface area (Å²) in [6.07, 6.45) is -2.09.